The molecule has 0 atom stereocenters. The number of aliphatic imine (C=N–C) groups is 1. The molecule has 1 saturated carbocycles. The third kappa shape index (κ3) is 4.59. The van der Waals surface area contributed by atoms with E-state index in [4.69, 9.17) is 0 Å². The van der Waals surface area contributed by atoms with Crippen LogP contribution >= 0.6 is 0 Å². The van der Waals surface area contributed by atoms with Crippen LogP contribution in [-0.2, 0) is 4.79 Å². The molecule has 6 nitrogen and oxygen atoms in total. The van der Waals surface area contributed by atoms with Crippen LogP contribution < -0.4 is 10.6 Å². The summed E-state index contributed by atoms with van der Waals surface area (Å²) in [7, 11) is 3.63. The summed E-state index contributed by atoms with van der Waals surface area (Å²) in [6.07, 6.45) is 4.67. The molecule has 0 unspecified atom stereocenters. The zero-order valence-corrected chi connectivity index (χ0v) is 13.4. The molecule has 2 N–H and O–H groups in total. The molecule has 1 amide bonds. The van der Waals surface area contributed by atoms with Crippen LogP contribution in [-0.4, -0.2) is 75.0 Å². The van der Waals surface area contributed by atoms with E-state index in [1.807, 2.05) is 7.05 Å². The summed E-state index contributed by atoms with van der Waals surface area (Å²) in [6.45, 7) is 5.61. The summed E-state index contributed by atoms with van der Waals surface area (Å²) in [5, 5.41) is 6.27. The molecule has 21 heavy (non-hydrogen) atoms. The van der Waals surface area contributed by atoms with E-state index in [9.17, 15) is 4.79 Å². The Balaban J connectivity index is 1.65. The fourth-order valence-corrected chi connectivity index (χ4v) is 3.23. The van der Waals surface area contributed by atoms with Crippen molar-refractivity contribution in [2.24, 2.45) is 10.9 Å². The number of nitrogens with zero attached hydrogens (tertiary/aromatic N) is 3. The third-order valence-corrected chi connectivity index (χ3v) is 4.57. The number of carbonyl (C=O) groups excluding carboxylic acids is 1. The minimum absolute atomic E-state index is 0.317. The molecule has 0 aromatic carbocycles. The SMILES string of the molecule is CN=C(NC)NCCN1CCN(C(=O)C2CCCC2)CC1. The van der Waals surface area contributed by atoms with Crippen molar-refractivity contribution in [3.63, 3.8) is 0 Å². The minimum Gasteiger partial charge on any atom is -0.359 e. The normalized spacial score (nSPS) is 21.6. The van der Waals surface area contributed by atoms with Gasteiger partial charge in [-0.25, -0.2) is 0 Å². The minimum atomic E-state index is 0.317. The van der Waals surface area contributed by atoms with Crippen molar-refractivity contribution in [2.45, 2.75) is 25.7 Å². The maximum Gasteiger partial charge on any atom is 0.225 e. The van der Waals surface area contributed by atoms with E-state index in [1.165, 1.54) is 12.8 Å². The first kappa shape index (κ1) is 16.1. The van der Waals surface area contributed by atoms with Crippen LogP contribution in [0.1, 0.15) is 25.7 Å². The van der Waals surface area contributed by atoms with Crippen molar-refractivity contribution >= 4 is 11.9 Å². The maximum atomic E-state index is 12.4. The van der Waals surface area contributed by atoms with Gasteiger partial charge < -0.3 is 15.5 Å². The highest BCUT2D eigenvalue weighted by Crippen LogP contribution is 2.26. The van der Waals surface area contributed by atoms with Gasteiger partial charge in [0.25, 0.3) is 0 Å². The van der Waals surface area contributed by atoms with Gasteiger partial charge >= 0.3 is 0 Å². The molecule has 1 heterocycles. The first-order valence-electron chi connectivity index (χ1n) is 8.14. The number of carbonyl (C=O) groups is 1. The molecule has 6 heteroatoms. The molecule has 0 bridgehead atoms. The lowest BCUT2D eigenvalue weighted by Crippen LogP contribution is -2.51. The van der Waals surface area contributed by atoms with Gasteiger partial charge in [-0.1, -0.05) is 12.8 Å². The largest absolute Gasteiger partial charge is 0.359 e. The molecule has 0 aromatic heterocycles. The van der Waals surface area contributed by atoms with Gasteiger partial charge in [0.2, 0.25) is 5.91 Å². The monoisotopic (exact) mass is 295 g/mol. The highest BCUT2D eigenvalue weighted by molar-refractivity contribution is 5.79. The van der Waals surface area contributed by atoms with Crippen LogP contribution in [0.15, 0.2) is 4.99 Å². The van der Waals surface area contributed by atoms with Crippen LogP contribution in [0.4, 0.5) is 0 Å². The average molecular weight is 295 g/mol. The molecule has 2 rings (SSSR count). The molecule has 1 saturated heterocycles. The Morgan fingerprint density at radius 1 is 1.19 bits per heavy atom. The van der Waals surface area contributed by atoms with Crippen molar-refractivity contribution in [1.29, 1.82) is 0 Å². The van der Waals surface area contributed by atoms with Crippen LogP contribution in [0.2, 0.25) is 0 Å². The van der Waals surface area contributed by atoms with Crippen molar-refractivity contribution in [1.82, 2.24) is 20.4 Å². The summed E-state index contributed by atoms with van der Waals surface area (Å²) in [5.74, 6) is 1.54. The van der Waals surface area contributed by atoms with E-state index >= 15 is 0 Å². The van der Waals surface area contributed by atoms with Crippen LogP contribution in [0, 0.1) is 5.92 Å². The molecular formula is C15H29N5O. The van der Waals surface area contributed by atoms with E-state index in [1.54, 1.807) is 7.05 Å². The fourth-order valence-electron chi connectivity index (χ4n) is 3.23. The zero-order valence-electron chi connectivity index (χ0n) is 13.4. The lowest BCUT2D eigenvalue weighted by Gasteiger charge is -2.36. The Labute approximate surface area is 128 Å². The highest BCUT2D eigenvalue weighted by Gasteiger charge is 2.29. The fraction of sp³-hybridized carbons (Fsp3) is 0.867. The summed E-state index contributed by atoms with van der Waals surface area (Å²) < 4.78 is 0. The number of amides is 1. The van der Waals surface area contributed by atoms with Crippen LogP contribution in [0.5, 0.6) is 0 Å². The Kier molecular flexibility index (Phi) is 6.29. The van der Waals surface area contributed by atoms with E-state index in [0.29, 0.717) is 11.8 Å². The van der Waals surface area contributed by atoms with E-state index < -0.39 is 0 Å². The van der Waals surface area contributed by atoms with Gasteiger partial charge in [-0.05, 0) is 12.8 Å². The average Bonchev–Trinajstić information content (AvgIpc) is 3.06. The zero-order chi connectivity index (χ0) is 15.1. The standard InChI is InChI=1S/C15H29N5O/c1-16-15(17-2)18-7-8-19-9-11-20(12-10-19)14(21)13-5-3-4-6-13/h13H,3-12H2,1-2H3,(H2,16,17,18). The smallest absolute Gasteiger partial charge is 0.225 e. The summed E-state index contributed by atoms with van der Waals surface area (Å²) in [5.41, 5.74) is 0. The van der Waals surface area contributed by atoms with Crippen LogP contribution in [0.3, 0.4) is 0 Å². The number of rotatable bonds is 4. The molecule has 1 aliphatic carbocycles. The number of guanidine groups is 1. The molecule has 0 aromatic rings. The molecule has 1 aliphatic heterocycles. The Morgan fingerprint density at radius 3 is 2.43 bits per heavy atom. The molecule has 0 radical (unpaired) electrons. The van der Waals surface area contributed by atoms with E-state index in [2.05, 4.69) is 25.4 Å². The van der Waals surface area contributed by atoms with E-state index in [-0.39, 0.29) is 0 Å². The molecule has 120 valence electrons. The second-order valence-electron chi connectivity index (χ2n) is 5.90. The van der Waals surface area contributed by atoms with E-state index in [0.717, 1.165) is 58.1 Å². The summed E-state index contributed by atoms with van der Waals surface area (Å²) >= 11 is 0. The van der Waals surface area contributed by atoms with Gasteiger partial charge in [0.05, 0.1) is 0 Å². The third-order valence-electron chi connectivity index (χ3n) is 4.57. The summed E-state index contributed by atoms with van der Waals surface area (Å²) in [6, 6.07) is 0. The molecule has 0 spiro atoms. The van der Waals surface area contributed by atoms with Gasteiger partial charge in [-0.2, -0.15) is 0 Å². The number of piperazine rings is 1. The lowest BCUT2D eigenvalue weighted by atomic mass is 10.1. The second-order valence-corrected chi connectivity index (χ2v) is 5.90. The highest BCUT2D eigenvalue weighted by atomic mass is 16.2. The Bertz CT molecular complexity index is 357. The van der Waals surface area contributed by atoms with Gasteiger partial charge in [-0.3, -0.25) is 14.7 Å². The topological polar surface area (TPSA) is 60.0 Å². The predicted octanol–water partition coefficient (Wildman–Crippen LogP) is 0.116. The summed E-state index contributed by atoms with van der Waals surface area (Å²) in [4.78, 5) is 20.9. The Hall–Kier alpha value is -1.30. The van der Waals surface area contributed by atoms with Gasteiger partial charge in [-0.15, -0.1) is 0 Å². The van der Waals surface area contributed by atoms with Crippen molar-refractivity contribution in [2.75, 3.05) is 53.4 Å². The van der Waals surface area contributed by atoms with Crippen molar-refractivity contribution < 1.29 is 4.79 Å². The number of nitrogens with one attached hydrogen (secondary N) is 2. The molecule has 2 aliphatic rings. The second kappa shape index (κ2) is 8.22. The maximum absolute atomic E-state index is 12.4. The van der Waals surface area contributed by atoms with Gasteiger partial charge in [0.1, 0.15) is 0 Å². The lowest BCUT2D eigenvalue weighted by molar-refractivity contribution is -0.137. The predicted molar refractivity (Wildman–Crippen MR) is 85.4 cm³/mol. The van der Waals surface area contributed by atoms with Crippen molar-refractivity contribution in [3.8, 4) is 0 Å². The quantitative estimate of drug-likeness (QED) is 0.571. The van der Waals surface area contributed by atoms with Crippen LogP contribution in [0.25, 0.3) is 0 Å². The van der Waals surface area contributed by atoms with Gasteiger partial charge in [0, 0.05) is 59.3 Å². The number of hydrogen-bond acceptors (Lipinski definition) is 3. The van der Waals surface area contributed by atoms with Crippen molar-refractivity contribution in [3.05, 3.63) is 0 Å². The molecule has 2 fully saturated rings. The molecular weight excluding hydrogens is 266 g/mol. The first-order chi connectivity index (χ1) is 10.2. The number of hydrogen-bond donors (Lipinski definition) is 2. The first-order valence-corrected chi connectivity index (χ1v) is 8.14. The van der Waals surface area contributed by atoms with Gasteiger partial charge in [0.15, 0.2) is 5.96 Å². The Morgan fingerprint density at radius 2 is 1.86 bits per heavy atom.